The van der Waals surface area contributed by atoms with Crippen molar-refractivity contribution in [3.05, 3.63) is 0 Å². The topological polar surface area (TPSA) is 67.8 Å². The lowest BCUT2D eigenvalue weighted by Crippen LogP contribution is -2.48. The Balaban J connectivity index is 1.72. The number of carbonyl (C=O) groups is 1. The minimum absolute atomic E-state index is 0.0741. The van der Waals surface area contributed by atoms with Crippen molar-refractivity contribution in [2.75, 3.05) is 0 Å². The summed E-state index contributed by atoms with van der Waals surface area (Å²) in [6.07, 6.45) is 5.09. The Bertz CT molecular complexity index is 340. The zero-order chi connectivity index (χ0) is 12.8. The summed E-state index contributed by atoms with van der Waals surface area (Å²) in [6, 6.07) is -0.325. The van der Waals surface area contributed by atoms with Gasteiger partial charge in [0.15, 0.2) is 5.79 Å². The zero-order valence-corrected chi connectivity index (χ0v) is 10.7. The molecule has 1 saturated heterocycles. The van der Waals surface area contributed by atoms with Gasteiger partial charge in [-0.15, -0.1) is 0 Å². The maximum absolute atomic E-state index is 11.2. The normalized spacial score (nSPS) is 41.9. The minimum Gasteiger partial charge on any atom is -0.391 e. The maximum Gasteiger partial charge on any atom is 0.217 e. The number of fused-ring (bicyclic) bond motifs is 1. The van der Waals surface area contributed by atoms with Crippen molar-refractivity contribution in [2.45, 2.75) is 75.6 Å². The summed E-state index contributed by atoms with van der Waals surface area (Å²) in [5, 5.41) is 12.7. The molecule has 3 rings (SSSR count). The van der Waals surface area contributed by atoms with E-state index in [0.717, 1.165) is 25.7 Å². The van der Waals surface area contributed by atoms with Crippen molar-refractivity contribution in [1.82, 2.24) is 5.32 Å². The largest absolute Gasteiger partial charge is 0.391 e. The molecule has 102 valence electrons. The highest BCUT2D eigenvalue weighted by atomic mass is 16.8. The first-order valence-electron chi connectivity index (χ1n) is 6.90. The molecule has 0 aromatic heterocycles. The summed E-state index contributed by atoms with van der Waals surface area (Å²) in [7, 11) is 0. The maximum atomic E-state index is 11.2. The molecule has 4 atom stereocenters. The van der Waals surface area contributed by atoms with E-state index in [1.165, 1.54) is 13.3 Å². The van der Waals surface area contributed by atoms with Crippen LogP contribution in [-0.4, -0.2) is 41.2 Å². The molecule has 2 N–H and O–H groups in total. The Labute approximate surface area is 107 Å². The first-order valence-corrected chi connectivity index (χ1v) is 6.90. The molecule has 5 heteroatoms. The number of hydrogen-bond acceptors (Lipinski definition) is 4. The highest BCUT2D eigenvalue weighted by Crippen LogP contribution is 2.45. The Morgan fingerprint density at radius 3 is 2.67 bits per heavy atom. The lowest BCUT2D eigenvalue weighted by atomic mass is 9.94. The summed E-state index contributed by atoms with van der Waals surface area (Å²) >= 11 is 0. The zero-order valence-electron chi connectivity index (χ0n) is 10.7. The predicted molar refractivity (Wildman–Crippen MR) is 63.8 cm³/mol. The van der Waals surface area contributed by atoms with Crippen LogP contribution in [0.3, 0.4) is 0 Å². The van der Waals surface area contributed by atoms with E-state index < -0.39 is 11.9 Å². The van der Waals surface area contributed by atoms with Gasteiger partial charge >= 0.3 is 0 Å². The fraction of sp³-hybridized carbons (Fsp3) is 0.923. The molecule has 0 bridgehead atoms. The van der Waals surface area contributed by atoms with Crippen molar-refractivity contribution in [2.24, 2.45) is 0 Å². The van der Waals surface area contributed by atoms with Gasteiger partial charge in [0.1, 0.15) is 6.10 Å². The van der Waals surface area contributed by atoms with E-state index in [2.05, 4.69) is 5.32 Å². The lowest BCUT2D eigenvalue weighted by molar-refractivity contribution is -0.204. The monoisotopic (exact) mass is 255 g/mol. The van der Waals surface area contributed by atoms with Gasteiger partial charge in [0.2, 0.25) is 5.91 Å². The Morgan fingerprint density at radius 1 is 1.28 bits per heavy atom. The molecular weight excluding hydrogens is 234 g/mol. The van der Waals surface area contributed by atoms with Gasteiger partial charge in [-0.05, 0) is 12.8 Å². The number of aliphatic hydroxyl groups excluding tert-OH is 1. The summed E-state index contributed by atoms with van der Waals surface area (Å²) < 4.78 is 12.2. The molecule has 1 spiro atoms. The predicted octanol–water partition coefficient (Wildman–Crippen LogP) is 0.700. The van der Waals surface area contributed by atoms with Crippen molar-refractivity contribution in [1.29, 1.82) is 0 Å². The second-order valence-corrected chi connectivity index (χ2v) is 5.74. The number of rotatable bonds is 1. The van der Waals surface area contributed by atoms with Crippen LogP contribution in [0.1, 0.15) is 45.4 Å². The van der Waals surface area contributed by atoms with Gasteiger partial charge in [-0.1, -0.05) is 6.42 Å². The summed E-state index contributed by atoms with van der Waals surface area (Å²) in [5.41, 5.74) is 0. The van der Waals surface area contributed by atoms with Gasteiger partial charge in [0, 0.05) is 26.2 Å². The van der Waals surface area contributed by atoms with E-state index in [4.69, 9.17) is 9.47 Å². The van der Waals surface area contributed by atoms with Crippen LogP contribution in [0.25, 0.3) is 0 Å². The molecular formula is C13H21NO4. The molecule has 2 saturated carbocycles. The van der Waals surface area contributed by atoms with Gasteiger partial charge < -0.3 is 19.9 Å². The van der Waals surface area contributed by atoms with E-state index in [1.54, 1.807) is 0 Å². The fourth-order valence-electron chi connectivity index (χ4n) is 3.52. The number of amides is 1. The van der Waals surface area contributed by atoms with Crippen LogP contribution in [0.4, 0.5) is 0 Å². The fourth-order valence-corrected chi connectivity index (χ4v) is 3.52. The van der Waals surface area contributed by atoms with Crippen molar-refractivity contribution in [3.8, 4) is 0 Å². The third-order valence-corrected chi connectivity index (χ3v) is 4.31. The van der Waals surface area contributed by atoms with Crippen molar-refractivity contribution in [3.63, 3.8) is 0 Å². The molecule has 1 heterocycles. The van der Waals surface area contributed by atoms with Gasteiger partial charge in [0.25, 0.3) is 0 Å². The number of aliphatic hydroxyl groups is 1. The summed E-state index contributed by atoms with van der Waals surface area (Å²) in [4.78, 5) is 11.2. The Morgan fingerprint density at radius 2 is 2.00 bits per heavy atom. The molecule has 0 radical (unpaired) electrons. The van der Waals surface area contributed by atoms with E-state index in [-0.39, 0.29) is 24.2 Å². The Hall–Kier alpha value is -0.650. The van der Waals surface area contributed by atoms with Crippen LogP contribution >= 0.6 is 0 Å². The molecule has 0 aromatic rings. The molecule has 2 aliphatic carbocycles. The quantitative estimate of drug-likeness (QED) is 0.724. The van der Waals surface area contributed by atoms with Crippen LogP contribution in [0.5, 0.6) is 0 Å². The summed E-state index contributed by atoms with van der Waals surface area (Å²) in [6.45, 7) is 1.46. The molecule has 1 amide bonds. The molecule has 0 aromatic carbocycles. The number of ether oxygens (including phenoxy) is 2. The highest BCUT2D eigenvalue weighted by Gasteiger charge is 2.56. The first kappa shape index (κ1) is 12.4. The minimum atomic E-state index is -0.565. The Kier molecular flexibility index (Phi) is 3.08. The number of nitrogens with one attached hydrogen (secondary N) is 1. The van der Waals surface area contributed by atoms with Gasteiger partial charge in [0.05, 0.1) is 18.2 Å². The van der Waals surface area contributed by atoms with Crippen molar-refractivity contribution < 1.29 is 19.4 Å². The number of carbonyl (C=O) groups excluding carboxylic acids is 1. The third-order valence-electron chi connectivity index (χ3n) is 4.31. The highest BCUT2D eigenvalue weighted by molar-refractivity contribution is 5.73. The van der Waals surface area contributed by atoms with E-state index in [1.807, 2.05) is 0 Å². The van der Waals surface area contributed by atoms with Crippen LogP contribution in [-0.2, 0) is 14.3 Å². The smallest absolute Gasteiger partial charge is 0.217 e. The number of hydrogen-bond donors (Lipinski definition) is 2. The van der Waals surface area contributed by atoms with Crippen LogP contribution in [0.15, 0.2) is 0 Å². The molecule has 3 aliphatic rings. The van der Waals surface area contributed by atoms with Crippen LogP contribution < -0.4 is 5.32 Å². The summed E-state index contributed by atoms with van der Waals surface area (Å²) in [5.74, 6) is -0.572. The van der Waals surface area contributed by atoms with Gasteiger partial charge in [-0.25, -0.2) is 0 Å². The van der Waals surface area contributed by atoms with E-state index in [0.29, 0.717) is 6.42 Å². The molecule has 1 aliphatic heterocycles. The second-order valence-electron chi connectivity index (χ2n) is 5.74. The molecule has 3 fully saturated rings. The standard InChI is InChI=1S/C13H21NO4/c1-8(15)14-11-9(16)7-10-12(11)18-13(17-10)5-3-2-4-6-13/h9-12,16H,2-7H2,1H3,(H,14,15)/t9-,10+,11-,12+/m1/s1. The average Bonchev–Trinajstić information content (AvgIpc) is 2.76. The lowest BCUT2D eigenvalue weighted by Gasteiger charge is -2.34. The van der Waals surface area contributed by atoms with E-state index in [9.17, 15) is 9.90 Å². The average molecular weight is 255 g/mol. The van der Waals surface area contributed by atoms with E-state index >= 15 is 0 Å². The molecule has 5 nitrogen and oxygen atoms in total. The van der Waals surface area contributed by atoms with Crippen LogP contribution in [0.2, 0.25) is 0 Å². The van der Waals surface area contributed by atoms with Crippen LogP contribution in [0, 0.1) is 0 Å². The molecule has 18 heavy (non-hydrogen) atoms. The second kappa shape index (κ2) is 4.47. The first-order chi connectivity index (χ1) is 8.60. The van der Waals surface area contributed by atoms with Gasteiger partial charge in [-0.3, -0.25) is 4.79 Å². The third kappa shape index (κ3) is 2.04. The molecule has 0 unspecified atom stereocenters. The van der Waals surface area contributed by atoms with Crippen molar-refractivity contribution >= 4 is 5.91 Å². The van der Waals surface area contributed by atoms with Gasteiger partial charge in [-0.2, -0.15) is 0 Å². The SMILES string of the molecule is CC(=O)N[C@H]1[C@H]2OC3(CCCCC3)O[C@H]2C[C@H]1O.